The molecular formula is C22H28N2O3. The van der Waals surface area contributed by atoms with Crippen LogP contribution in [0.3, 0.4) is 0 Å². The number of anilines is 1. The SMILES string of the molecule is CCCCc1ccc(CC(=O)NCC(=O)Nc2cc(C)ccc2OC)cc1. The van der Waals surface area contributed by atoms with Crippen LogP contribution in [0.2, 0.25) is 0 Å². The van der Waals surface area contributed by atoms with Crippen molar-refractivity contribution in [2.75, 3.05) is 19.0 Å². The maximum absolute atomic E-state index is 12.1. The molecule has 0 bridgehead atoms. The Hall–Kier alpha value is -2.82. The van der Waals surface area contributed by atoms with Gasteiger partial charge in [0.25, 0.3) is 0 Å². The van der Waals surface area contributed by atoms with Gasteiger partial charge in [0, 0.05) is 0 Å². The molecule has 0 radical (unpaired) electrons. The monoisotopic (exact) mass is 368 g/mol. The smallest absolute Gasteiger partial charge is 0.243 e. The molecule has 0 saturated heterocycles. The Balaban J connectivity index is 1.81. The molecule has 0 spiro atoms. The van der Waals surface area contributed by atoms with Gasteiger partial charge in [0.2, 0.25) is 11.8 Å². The number of hydrogen-bond donors (Lipinski definition) is 2. The maximum atomic E-state index is 12.1. The molecule has 2 rings (SSSR count). The number of carbonyl (C=O) groups is 2. The molecule has 0 heterocycles. The summed E-state index contributed by atoms with van der Waals surface area (Å²) in [6, 6.07) is 13.6. The number of hydrogen-bond acceptors (Lipinski definition) is 3. The number of ether oxygens (including phenoxy) is 1. The second kappa shape index (κ2) is 10.4. The van der Waals surface area contributed by atoms with E-state index in [1.165, 1.54) is 18.4 Å². The highest BCUT2D eigenvalue weighted by Gasteiger charge is 2.10. The summed E-state index contributed by atoms with van der Waals surface area (Å²) < 4.78 is 5.24. The van der Waals surface area contributed by atoms with Crippen LogP contribution in [0, 0.1) is 6.92 Å². The van der Waals surface area contributed by atoms with E-state index in [4.69, 9.17) is 4.74 Å². The standard InChI is InChI=1S/C22H28N2O3/c1-4-5-6-17-8-10-18(11-9-17)14-21(25)23-15-22(26)24-19-13-16(2)7-12-20(19)27-3/h7-13H,4-6,14-15H2,1-3H3,(H,23,25)(H,24,26). The van der Waals surface area contributed by atoms with Crippen molar-refractivity contribution in [1.29, 1.82) is 0 Å². The predicted molar refractivity (Wildman–Crippen MR) is 108 cm³/mol. The van der Waals surface area contributed by atoms with Crippen LogP contribution in [0.25, 0.3) is 0 Å². The zero-order chi connectivity index (χ0) is 19.6. The van der Waals surface area contributed by atoms with Crippen LogP contribution in [0.4, 0.5) is 5.69 Å². The topological polar surface area (TPSA) is 67.4 Å². The fraction of sp³-hybridized carbons (Fsp3) is 0.364. The minimum atomic E-state index is -0.290. The molecule has 0 aliphatic heterocycles. The molecule has 144 valence electrons. The van der Waals surface area contributed by atoms with Crippen molar-refractivity contribution in [3.05, 3.63) is 59.2 Å². The van der Waals surface area contributed by atoms with Crippen LogP contribution in [-0.2, 0) is 22.4 Å². The molecule has 0 aromatic heterocycles. The van der Waals surface area contributed by atoms with Crippen molar-refractivity contribution in [2.24, 2.45) is 0 Å². The van der Waals surface area contributed by atoms with Gasteiger partial charge in [-0.25, -0.2) is 0 Å². The third-order valence-electron chi connectivity index (χ3n) is 4.28. The lowest BCUT2D eigenvalue weighted by atomic mass is 10.0. The van der Waals surface area contributed by atoms with Gasteiger partial charge in [-0.15, -0.1) is 0 Å². The van der Waals surface area contributed by atoms with Crippen molar-refractivity contribution >= 4 is 17.5 Å². The summed E-state index contributed by atoms with van der Waals surface area (Å²) in [4.78, 5) is 24.2. The zero-order valence-corrected chi connectivity index (χ0v) is 16.3. The van der Waals surface area contributed by atoms with Gasteiger partial charge in [0.1, 0.15) is 5.75 Å². The number of benzene rings is 2. The highest BCUT2D eigenvalue weighted by molar-refractivity contribution is 5.96. The summed E-state index contributed by atoms with van der Waals surface area (Å²) in [7, 11) is 1.55. The Kier molecular flexibility index (Phi) is 7.86. The van der Waals surface area contributed by atoms with E-state index >= 15 is 0 Å². The van der Waals surface area contributed by atoms with E-state index in [0.29, 0.717) is 11.4 Å². The molecule has 5 heteroatoms. The van der Waals surface area contributed by atoms with Gasteiger partial charge in [0.15, 0.2) is 0 Å². The summed E-state index contributed by atoms with van der Waals surface area (Å²) >= 11 is 0. The molecule has 2 aromatic carbocycles. The van der Waals surface area contributed by atoms with Gasteiger partial charge in [-0.3, -0.25) is 9.59 Å². The van der Waals surface area contributed by atoms with Gasteiger partial charge in [-0.05, 0) is 48.6 Å². The molecule has 5 nitrogen and oxygen atoms in total. The third kappa shape index (κ3) is 6.77. The number of carbonyl (C=O) groups excluding carboxylic acids is 2. The van der Waals surface area contributed by atoms with Crippen molar-refractivity contribution in [2.45, 2.75) is 39.5 Å². The van der Waals surface area contributed by atoms with Gasteiger partial charge < -0.3 is 15.4 Å². The van der Waals surface area contributed by atoms with Crippen molar-refractivity contribution in [3.63, 3.8) is 0 Å². The number of methoxy groups -OCH3 is 1. The molecule has 2 aromatic rings. The Morgan fingerprint density at radius 3 is 2.37 bits per heavy atom. The lowest BCUT2D eigenvalue weighted by molar-refractivity contribution is -0.123. The Labute approximate surface area is 161 Å². The summed E-state index contributed by atoms with van der Waals surface area (Å²) in [5.74, 6) is 0.119. The summed E-state index contributed by atoms with van der Waals surface area (Å²) in [6.45, 7) is 4.03. The first kappa shape index (κ1) is 20.5. The second-order valence-electron chi connectivity index (χ2n) is 6.63. The van der Waals surface area contributed by atoms with E-state index in [9.17, 15) is 9.59 Å². The first-order valence-corrected chi connectivity index (χ1v) is 9.30. The summed E-state index contributed by atoms with van der Waals surface area (Å²) in [6.07, 6.45) is 3.65. The first-order valence-electron chi connectivity index (χ1n) is 9.30. The number of unbranched alkanes of at least 4 members (excludes halogenated alkanes) is 1. The zero-order valence-electron chi connectivity index (χ0n) is 16.3. The average molecular weight is 368 g/mol. The molecule has 0 aliphatic carbocycles. The van der Waals surface area contributed by atoms with E-state index in [1.54, 1.807) is 13.2 Å². The number of aryl methyl sites for hydroxylation is 2. The molecule has 2 amide bonds. The summed E-state index contributed by atoms with van der Waals surface area (Å²) in [5, 5.41) is 5.43. The van der Waals surface area contributed by atoms with Gasteiger partial charge in [-0.1, -0.05) is 43.7 Å². The highest BCUT2D eigenvalue weighted by Crippen LogP contribution is 2.24. The average Bonchev–Trinajstić information content (AvgIpc) is 2.66. The molecule has 2 N–H and O–H groups in total. The molecule has 0 saturated carbocycles. The molecule has 0 unspecified atom stereocenters. The Morgan fingerprint density at radius 2 is 1.70 bits per heavy atom. The van der Waals surface area contributed by atoms with Crippen LogP contribution < -0.4 is 15.4 Å². The van der Waals surface area contributed by atoms with Gasteiger partial charge >= 0.3 is 0 Å². The van der Waals surface area contributed by atoms with Gasteiger partial charge in [0.05, 0.1) is 25.8 Å². The molecule has 0 atom stereocenters. The van der Waals surface area contributed by atoms with E-state index in [2.05, 4.69) is 29.7 Å². The number of rotatable bonds is 9. The quantitative estimate of drug-likeness (QED) is 0.710. The fourth-order valence-corrected chi connectivity index (χ4v) is 2.75. The van der Waals surface area contributed by atoms with E-state index in [-0.39, 0.29) is 24.8 Å². The van der Waals surface area contributed by atoms with Crippen molar-refractivity contribution in [3.8, 4) is 5.75 Å². The minimum Gasteiger partial charge on any atom is -0.495 e. The second-order valence-corrected chi connectivity index (χ2v) is 6.63. The third-order valence-corrected chi connectivity index (χ3v) is 4.28. The first-order chi connectivity index (χ1) is 13.0. The van der Waals surface area contributed by atoms with Gasteiger partial charge in [-0.2, -0.15) is 0 Å². The van der Waals surface area contributed by atoms with Crippen LogP contribution in [0.1, 0.15) is 36.5 Å². The minimum absolute atomic E-state index is 0.0789. The van der Waals surface area contributed by atoms with Crippen molar-refractivity contribution in [1.82, 2.24) is 5.32 Å². The molecule has 27 heavy (non-hydrogen) atoms. The normalized spacial score (nSPS) is 10.3. The van der Waals surface area contributed by atoms with E-state index in [1.807, 2.05) is 31.2 Å². The van der Waals surface area contributed by atoms with Crippen LogP contribution in [0.5, 0.6) is 5.75 Å². The molecular weight excluding hydrogens is 340 g/mol. The predicted octanol–water partition coefficient (Wildman–Crippen LogP) is 3.64. The van der Waals surface area contributed by atoms with Crippen LogP contribution in [-0.4, -0.2) is 25.5 Å². The van der Waals surface area contributed by atoms with Crippen molar-refractivity contribution < 1.29 is 14.3 Å². The molecule has 0 fully saturated rings. The maximum Gasteiger partial charge on any atom is 0.243 e. The van der Waals surface area contributed by atoms with E-state index < -0.39 is 0 Å². The van der Waals surface area contributed by atoms with Crippen LogP contribution >= 0.6 is 0 Å². The largest absolute Gasteiger partial charge is 0.495 e. The fourth-order valence-electron chi connectivity index (χ4n) is 2.75. The Bertz CT molecular complexity index is 770. The van der Waals surface area contributed by atoms with E-state index in [0.717, 1.165) is 17.5 Å². The lowest BCUT2D eigenvalue weighted by Gasteiger charge is -2.11. The lowest BCUT2D eigenvalue weighted by Crippen LogP contribution is -2.33. The summed E-state index contributed by atoms with van der Waals surface area (Å²) in [5.41, 5.74) is 3.83. The van der Waals surface area contributed by atoms with Crippen LogP contribution in [0.15, 0.2) is 42.5 Å². The highest BCUT2D eigenvalue weighted by atomic mass is 16.5. The Morgan fingerprint density at radius 1 is 1.00 bits per heavy atom. The number of amides is 2. The number of nitrogens with one attached hydrogen (secondary N) is 2. The molecule has 0 aliphatic rings.